The van der Waals surface area contributed by atoms with Crippen LogP contribution in [-0.2, 0) is 11.2 Å². The Balaban J connectivity index is 0.00000127. The van der Waals surface area contributed by atoms with Crippen molar-refractivity contribution in [1.29, 1.82) is 0 Å². The molecule has 5 heteroatoms. The fourth-order valence-corrected chi connectivity index (χ4v) is 1.82. The van der Waals surface area contributed by atoms with Gasteiger partial charge in [0.2, 0.25) is 5.95 Å². The number of ketones is 1. The van der Waals surface area contributed by atoms with Crippen molar-refractivity contribution in [3.05, 3.63) is 47.2 Å². The third-order valence-electron chi connectivity index (χ3n) is 2.81. The molecule has 4 N–H and O–H groups in total. The van der Waals surface area contributed by atoms with Gasteiger partial charge in [-0.3, -0.25) is 4.79 Å². The minimum atomic E-state index is 0.0606. The number of nitrogens with two attached hydrogens (primary N) is 2. The molecule has 1 heterocycles. The van der Waals surface area contributed by atoms with Crippen LogP contribution >= 0.6 is 0 Å². The number of hydrogen-bond acceptors (Lipinski definition) is 5. The van der Waals surface area contributed by atoms with Crippen LogP contribution in [-0.4, -0.2) is 15.8 Å². The van der Waals surface area contributed by atoms with Crippen molar-refractivity contribution in [2.75, 3.05) is 11.5 Å². The average molecular weight is 310 g/mol. The first-order chi connectivity index (χ1) is 11.0. The summed E-state index contributed by atoms with van der Waals surface area (Å²) in [6, 6.07) is 7.76. The van der Waals surface area contributed by atoms with E-state index >= 15 is 0 Å². The zero-order valence-electron chi connectivity index (χ0n) is 13.8. The average Bonchev–Trinajstić information content (AvgIpc) is 2.52. The Morgan fingerprint density at radius 3 is 2.65 bits per heavy atom. The number of hydrogen-bond donors (Lipinski definition) is 2. The predicted molar refractivity (Wildman–Crippen MR) is 93.6 cm³/mol. The van der Waals surface area contributed by atoms with E-state index in [1.54, 1.807) is 6.20 Å². The number of anilines is 2. The van der Waals surface area contributed by atoms with Crippen LogP contribution in [0, 0.1) is 11.8 Å². The van der Waals surface area contributed by atoms with Crippen LogP contribution in [0.15, 0.2) is 30.5 Å². The van der Waals surface area contributed by atoms with E-state index in [1.165, 1.54) is 6.92 Å². The molecule has 2 aromatic rings. The molecule has 0 unspecified atom stereocenters. The molecule has 0 bridgehead atoms. The minimum Gasteiger partial charge on any atom is -0.383 e. The first-order valence-corrected chi connectivity index (χ1v) is 7.48. The molecule has 120 valence electrons. The number of nitrogen functional groups attached to an aromatic ring is 2. The largest absolute Gasteiger partial charge is 0.383 e. The van der Waals surface area contributed by atoms with Gasteiger partial charge in [-0.25, -0.2) is 4.98 Å². The maximum absolute atomic E-state index is 10.9. The fourth-order valence-electron chi connectivity index (χ4n) is 1.82. The van der Waals surface area contributed by atoms with Gasteiger partial charge in [0, 0.05) is 23.7 Å². The summed E-state index contributed by atoms with van der Waals surface area (Å²) in [6.07, 6.45) is 2.50. The lowest BCUT2D eigenvalue weighted by atomic mass is 10.0. The maximum Gasteiger partial charge on any atom is 0.221 e. The van der Waals surface area contributed by atoms with E-state index in [1.807, 2.05) is 38.1 Å². The molecular weight excluding hydrogens is 288 g/mol. The van der Waals surface area contributed by atoms with Crippen LogP contribution in [0.1, 0.15) is 43.9 Å². The quantitative estimate of drug-likeness (QED) is 0.850. The topological polar surface area (TPSA) is 94.9 Å². The molecule has 0 amide bonds. The molecule has 0 spiro atoms. The van der Waals surface area contributed by atoms with E-state index in [0.717, 1.165) is 16.7 Å². The second kappa shape index (κ2) is 9.21. The van der Waals surface area contributed by atoms with Crippen molar-refractivity contribution in [2.24, 2.45) is 0 Å². The SMILES string of the molecule is CC.CC(=O)CC#Cc1cccc(Cc2cnc(N)nc2N)c1. The van der Waals surface area contributed by atoms with Crippen molar-refractivity contribution >= 4 is 17.5 Å². The molecule has 0 saturated carbocycles. The summed E-state index contributed by atoms with van der Waals surface area (Å²) in [7, 11) is 0. The summed E-state index contributed by atoms with van der Waals surface area (Å²) in [5.41, 5.74) is 14.0. The normalized spacial score (nSPS) is 9.17. The molecule has 0 aliphatic rings. The molecule has 2 rings (SSSR count). The second-order valence-electron chi connectivity index (χ2n) is 4.70. The van der Waals surface area contributed by atoms with Gasteiger partial charge in [-0.15, -0.1) is 0 Å². The van der Waals surface area contributed by atoms with Crippen molar-refractivity contribution in [2.45, 2.75) is 33.6 Å². The molecule has 23 heavy (non-hydrogen) atoms. The van der Waals surface area contributed by atoms with Crippen molar-refractivity contribution in [3.63, 3.8) is 0 Å². The van der Waals surface area contributed by atoms with Gasteiger partial charge in [-0.2, -0.15) is 4.98 Å². The molecule has 0 aliphatic heterocycles. The summed E-state index contributed by atoms with van der Waals surface area (Å²) in [5, 5.41) is 0. The van der Waals surface area contributed by atoms with Crippen LogP contribution in [0.4, 0.5) is 11.8 Å². The van der Waals surface area contributed by atoms with Crippen LogP contribution in [0.25, 0.3) is 0 Å². The molecular formula is C18H22N4O. The Labute approximate surface area is 137 Å². The van der Waals surface area contributed by atoms with Gasteiger partial charge in [0.15, 0.2) is 0 Å². The number of carbonyl (C=O) groups excluding carboxylic acids is 1. The molecule has 0 atom stereocenters. The lowest BCUT2D eigenvalue weighted by Crippen LogP contribution is -2.04. The fraction of sp³-hybridized carbons (Fsp3) is 0.278. The van der Waals surface area contributed by atoms with Crippen LogP contribution in [0.5, 0.6) is 0 Å². The van der Waals surface area contributed by atoms with E-state index in [-0.39, 0.29) is 18.2 Å². The van der Waals surface area contributed by atoms with Crippen molar-refractivity contribution < 1.29 is 4.79 Å². The molecule has 5 nitrogen and oxygen atoms in total. The highest BCUT2D eigenvalue weighted by Crippen LogP contribution is 2.15. The Hall–Kier alpha value is -2.87. The number of benzene rings is 1. The van der Waals surface area contributed by atoms with E-state index in [9.17, 15) is 4.79 Å². The molecule has 1 aromatic heterocycles. The molecule has 1 aromatic carbocycles. The first kappa shape index (κ1) is 18.2. The Morgan fingerprint density at radius 1 is 1.26 bits per heavy atom. The highest BCUT2D eigenvalue weighted by Gasteiger charge is 2.04. The number of Topliss-reactive ketones (excluding diaryl/α,β-unsaturated/α-hetero) is 1. The van der Waals surface area contributed by atoms with Crippen LogP contribution in [0.3, 0.4) is 0 Å². The highest BCUT2D eigenvalue weighted by atomic mass is 16.1. The van der Waals surface area contributed by atoms with E-state index in [4.69, 9.17) is 11.5 Å². The van der Waals surface area contributed by atoms with Crippen molar-refractivity contribution in [1.82, 2.24) is 9.97 Å². The van der Waals surface area contributed by atoms with Gasteiger partial charge in [0.1, 0.15) is 11.6 Å². The third-order valence-corrected chi connectivity index (χ3v) is 2.81. The van der Waals surface area contributed by atoms with Gasteiger partial charge < -0.3 is 11.5 Å². The third kappa shape index (κ3) is 6.18. The van der Waals surface area contributed by atoms with E-state index in [2.05, 4.69) is 21.8 Å². The van der Waals surface area contributed by atoms with E-state index < -0.39 is 0 Å². The van der Waals surface area contributed by atoms with Gasteiger partial charge in [0.25, 0.3) is 0 Å². The summed E-state index contributed by atoms with van der Waals surface area (Å²) in [5.74, 6) is 6.43. The molecule has 0 aliphatic carbocycles. The number of carbonyl (C=O) groups is 1. The lowest BCUT2D eigenvalue weighted by Gasteiger charge is -2.05. The Morgan fingerprint density at radius 2 is 2.00 bits per heavy atom. The lowest BCUT2D eigenvalue weighted by molar-refractivity contribution is -0.116. The number of nitrogens with zero attached hydrogens (tertiary/aromatic N) is 2. The van der Waals surface area contributed by atoms with Crippen molar-refractivity contribution in [3.8, 4) is 11.8 Å². The first-order valence-electron chi connectivity index (χ1n) is 7.48. The Bertz CT molecular complexity index is 729. The number of aromatic nitrogens is 2. The summed E-state index contributed by atoms with van der Waals surface area (Å²) in [4.78, 5) is 18.8. The zero-order valence-corrected chi connectivity index (χ0v) is 13.8. The standard InChI is InChI=1S/C16H16N4O.C2H6/c1-11(21)4-2-5-12-6-3-7-13(8-12)9-14-10-19-16(18)20-15(14)17;1-2/h3,6-8,10H,4,9H2,1H3,(H4,17,18,19,20);1-2H3. The molecule has 0 saturated heterocycles. The molecule has 0 radical (unpaired) electrons. The van der Waals surface area contributed by atoms with Crippen LogP contribution in [0.2, 0.25) is 0 Å². The highest BCUT2D eigenvalue weighted by molar-refractivity contribution is 5.78. The smallest absolute Gasteiger partial charge is 0.221 e. The van der Waals surface area contributed by atoms with E-state index in [0.29, 0.717) is 12.2 Å². The Kier molecular flexibility index (Phi) is 7.28. The summed E-state index contributed by atoms with van der Waals surface area (Å²) in [6.45, 7) is 5.52. The summed E-state index contributed by atoms with van der Waals surface area (Å²) < 4.78 is 0. The monoisotopic (exact) mass is 310 g/mol. The van der Waals surface area contributed by atoms with Gasteiger partial charge in [-0.1, -0.05) is 37.8 Å². The maximum atomic E-state index is 10.9. The van der Waals surface area contributed by atoms with Gasteiger partial charge in [0.05, 0.1) is 6.42 Å². The molecule has 0 fully saturated rings. The van der Waals surface area contributed by atoms with Gasteiger partial charge >= 0.3 is 0 Å². The van der Waals surface area contributed by atoms with Crippen LogP contribution < -0.4 is 11.5 Å². The predicted octanol–water partition coefficient (Wildman–Crippen LogP) is 2.59. The zero-order chi connectivity index (χ0) is 17.2. The minimum absolute atomic E-state index is 0.0606. The van der Waals surface area contributed by atoms with Gasteiger partial charge in [-0.05, 0) is 24.6 Å². The second-order valence-corrected chi connectivity index (χ2v) is 4.70. The number of rotatable bonds is 3. The summed E-state index contributed by atoms with van der Waals surface area (Å²) >= 11 is 0.